The highest BCUT2D eigenvalue weighted by atomic mass is 19.3. The number of aliphatic hydroxyl groups excluding tert-OH is 1. The van der Waals surface area contributed by atoms with Crippen LogP contribution in [0.1, 0.15) is 58.8 Å². The summed E-state index contributed by atoms with van der Waals surface area (Å²) in [6.07, 6.45) is 8.41. The maximum absolute atomic E-state index is 14.1. The van der Waals surface area contributed by atoms with Crippen LogP contribution in [0.25, 0.3) is 0 Å². The lowest BCUT2D eigenvalue weighted by molar-refractivity contribution is -0.137. The molecule has 0 aromatic rings. The predicted octanol–water partition coefficient (Wildman–Crippen LogP) is 4.69. The SMILES string of the molecule is CCCCC(O)C(F)(F)C=C[C@H]1C(C)=CC(=O)[C@@H]1CC=CCCCC(=O)O. The van der Waals surface area contributed by atoms with Gasteiger partial charge in [-0.25, -0.2) is 0 Å². The number of carboxylic acid groups (broad SMARTS) is 1. The zero-order valence-electron chi connectivity index (χ0n) is 16.0. The molecule has 0 aromatic heterocycles. The summed E-state index contributed by atoms with van der Waals surface area (Å²) in [4.78, 5) is 22.6. The van der Waals surface area contributed by atoms with Crippen LogP contribution in [-0.4, -0.2) is 34.0 Å². The summed E-state index contributed by atoms with van der Waals surface area (Å²) in [7, 11) is 0. The number of unbranched alkanes of at least 4 members (excludes halogenated alkanes) is 2. The molecule has 0 saturated heterocycles. The van der Waals surface area contributed by atoms with Crippen LogP contribution in [0.5, 0.6) is 0 Å². The zero-order valence-corrected chi connectivity index (χ0v) is 16.0. The average Bonchev–Trinajstić information content (AvgIpc) is 2.86. The summed E-state index contributed by atoms with van der Waals surface area (Å²) in [5, 5.41) is 18.3. The third-order valence-electron chi connectivity index (χ3n) is 4.81. The summed E-state index contributed by atoms with van der Waals surface area (Å²) in [6.45, 7) is 3.62. The molecule has 0 aliphatic heterocycles. The highest BCUT2D eigenvalue weighted by Gasteiger charge is 2.37. The number of hydrogen-bond acceptors (Lipinski definition) is 3. The zero-order chi connectivity index (χ0) is 20.4. The van der Waals surface area contributed by atoms with Crippen molar-refractivity contribution in [2.75, 3.05) is 0 Å². The Hall–Kier alpha value is -1.82. The van der Waals surface area contributed by atoms with Crippen LogP contribution in [0.15, 0.2) is 36.0 Å². The van der Waals surface area contributed by atoms with E-state index >= 15 is 0 Å². The minimum Gasteiger partial charge on any atom is -0.481 e. The van der Waals surface area contributed by atoms with E-state index in [1.165, 1.54) is 12.2 Å². The number of aliphatic hydroxyl groups is 1. The molecule has 0 fully saturated rings. The van der Waals surface area contributed by atoms with Crippen molar-refractivity contribution in [1.29, 1.82) is 0 Å². The number of ketones is 1. The smallest absolute Gasteiger partial charge is 0.303 e. The number of allylic oxidation sites excluding steroid dienone is 5. The number of aliphatic carboxylic acids is 1. The quantitative estimate of drug-likeness (QED) is 0.378. The van der Waals surface area contributed by atoms with E-state index in [0.29, 0.717) is 25.7 Å². The van der Waals surface area contributed by atoms with Crippen molar-refractivity contribution in [2.24, 2.45) is 11.8 Å². The molecule has 2 N–H and O–H groups in total. The second-order valence-corrected chi connectivity index (χ2v) is 7.11. The molecule has 0 amide bonds. The van der Waals surface area contributed by atoms with E-state index in [2.05, 4.69) is 0 Å². The summed E-state index contributed by atoms with van der Waals surface area (Å²) >= 11 is 0. The predicted molar refractivity (Wildman–Crippen MR) is 101 cm³/mol. The fraction of sp³-hybridized carbons (Fsp3) is 0.619. The average molecular weight is 384 g/mol. The van der Waals surface area contributed by atoms with Gasteiger partial charge in [0.25, 0.3) is 5.92 Å². The molecular formula is C21H30F2O4. The molecule has 1 rings (SSSR count). The first-order chi connectivity index (χ1) is 12.7. The van der Waals surface area contributed by atoms with E-state index in [1.54, 1.807) is 6.92 Å². The molecule has 1 aliphatic carbocycles. The van der Waals surface area contributed by atoms with Crippen LogP contribution in [0.2, 0.25) is 0 Å². The molecule has 3 atom stereocenters. The second-order valence-electron chi connectivity index (χ2n) is 7.11. The number of rotatable bonds is 12. The molecule has 0 heterocycles. The van der Waals surface area contributed by atoms with Gasteiger partial charge < -0.3 is 10.2 Å². The van der Waals surface area contributed by atoms with Crippen molar-refractivity contribution in [1.82, 2.24) is 0 Å². The van der Waals surface area contributed by atoms with Gasteiger partial charge in [0.1, 0.15) is 6.10 Å². The summed E-state index contributed by atoms with van der Waals surface area (Å²) in [5.74, 6) is -5.10. The Morgan fingerprint density at radius 3 is 2.67 bits per heavy atom. The van der Waals surface area contributed by atoms with Crippen molar-refractivity contribution in [2.45, 2.75) is 70.8 Å². The molecule has 0 radical (unpaired) electrons. The van der Waals surface area contributed by atoms with Gasteiger partial charge in [0, 0.05) is 18.3 Å². The van der Waals surface area contributed by atoms with Crippen molar-refractivity contribution in [3.05, 3.63) is 36.0 Å². The Balaban J connectivity index is 2.67. The number of hydrogen-bond donors (Lipinski definition) is 2. The van der Waals surface area contributed by atoms with Gasteiger partial charge in [0.2, 0.25) is 0 Å². The largest absolute Gasteiger partial charge is 0.481 e. The van der Waals surface area contributed by atoms with E-state index in [-0.39, 0.29) is 18.6 Å². The molecule has 0 saturated carbocycles. The van der Waals surface area contributed by atoms with Gasteiger partial charge in [0.15, 0.2) is 5.78 Å². The van der Waals surface area contributed by atoms with Crippen LogP contribution in [0.4, 0.5) is 8.78 Å². The van der Waals surface area contributed by atoms with Gasteiger partial charge in [-0.05, 0) is 44.8 Å². The standard InChI is InChI=1S/C21H30F2O4/c1-3-4-10-19(25)21(22,23)13-12-16-15(2)14-18(24)17(16)9-7-5-6-8-11-20(26)27/h5,7,12-14,16-17,19,25H,3-4,6,8-11H2,1-2H3,(H,26,27)/t16-,17+,19?/m0/s1. The number of carbonyl (C=O) groups is 2. The van der Waals surface area contributed by atoms with E-state index in [4.69, 9.17) is 5.11 Å². The van der Waals surface area contributed by atoms with Gasteiger partial charge in [-0.15, -0.1) is 0 Å². The van der Waals surface area contributed by atoms with Crippen LogP contribution in [-0.2, 0) is 9.59 Å². The molecule has 1 aliphatic rings. The normalized spacial score (nSPS) is 22.0. The highest BCUT2D eigenvalue weighted by Crippen LogP contribution is 2.35. The highest BCUT2D eigenvalue weighted by molar-refractivity contribution is 5.96. The summed E-state index contributed by atoms with van der Waals surface area (Å²) in [5.41, 5.74) is 0.736. The number of carbonyl (C=O) groups excluding carboxylic acids is 1. The van der Waals surface area contributed by atoms with Gasteiger partial charge in [-0.1, -0.05) is 43.6 Å². The first-order valence-electron chi connectivity index (χ1n) is 9.53. The van der Waals surface area contributed by atoms with Crippen molar-refractivity contribution in [3.8, 4) is 0 Å². The Labute approximate surface area is 159 Å². The maximum atomic E-state index is 14.1. The Bertz CT molecular complexity index is 593. The van der Waals surface area contributed by atoms with Crippen LogP contribution >= 0.6 is 0 Å². The Morgan fingerprint density at radius 1 is 1.33 bits per heavy atom. The van der Waals surface area contributed by atoms with Gasteiger partial charge >= 0.3 is 5.97 Å². The van der Waals surface area contributed by atoms with Gasteiger partial charge in [-0.3, -0.25) is 9.59 Å². The molecule has 27 heavy (non-hydrogen) atoms. The minimum atomic E-state index is -3.32. The van der Waals surface area contributed by atoms with Crippen LogP contribution in [0, 0.1) is 11.8 Å². The Morgan fingerprint density at radius 2 is 2.04 bits per heavy atom. The van der Waals surface area contributed by atoms with Crippen molar-refractivity contribution in [3.63, 3.8) is 0 Å². The molecule has 0 spiro atoms. The first kappa shape index (κ1) is 23.2. The third kappa shape index (κ3) is 7.75. The molecular weight excluding hydrogens is 354 g/mol. The Kier molecular flexibility index (Phi) is 9.56. The molecule has 0 aromatic carbocycles. The van der Waals surface area contributed by atoms with E-state index in [0.717, 1.165) is 18.1 Å². The molecule has 4 nitrogen and oxygen atoms in total. The van der Waals surface area contributed by atoms with E-state index in [9.17, 15) is 23.5 Å². The molecule has 6 heteroatoms. The molecule has 1 unspecified atom stereocenters. The van der Waals surface area contributed by atoms with Gasteiger partial charge in [-0.2, -0.15) is 8.78 Å². The third-order valence-corrected chi connectivity index (χ3v) is 4.81. The van der Waals surface area contributed by atoms with E-state index < -0.39 is 29.8 Å². The number of halogens is 2. The minimum absolute atomic E-state index is 0.0365. The summed E-state index contributed by atoms with van der Waals surface area (Å²) in [6, 6.07) is 0. The molecule has 152 valence electrons. The van der Waals surface area contributed by atoms with Crippen LogP contribution < -0.4 is 0 Å². The van der Waals surface area contributed by atoms with Crippen molar-refractivity contribution >= 4 is 11.8 Å². The lowest BCUT2D eigenvalue weighted by Gasteiger charge is -2.21. The van der Waals surface area contributed by atoms with Crippen LogP contribution in [0.3, 0.4) is 0 Å². The van der Waals surface area contributed by atoms with Crippen molar-refractivity contribution < 1.29 is 28.6 Å². The molecule has 0 bridgehead atoms. The van der Waals surface area contributed by atoms with E-state index in [1.807, 2.05) is 19.1 Å². The lowest BCUT2D eigenvalue weighted by Crippen LogP contribution is -2.31. The summed E-state index contributed by atoms with van der Waals surface area (Å²) < 4.78 is 28.2. The maximum Gasteiger partial charge on any atom is 0.303 e. The number of carboxylic acids is 1. The first-order valence-corrected chi connectivity index (χ1v) is 9.53. The lowest BCUT2D eigenvalue weighted by atomic mass is 9.87. The fourth-order valence-electron chi connectivity index (χ4n) is 3.14. The second kappa shape index (κ2) is 11.1. The monoisotopic (exact) mass is 384 g/mol. The topological polar surface area (TPSA) is 74.6 Å². The fourth-order valence-corrected chi connectivity index (χ4v) is 3.14. The number of alkyl halides is 2. The van der Waals surface area contributed by atoms with Gasteiger partial charge in [0.05, 0.1) is 0 Å².